The van der Waals surface area contributed by atoms with Gasteiger partial charge in [0.1, 0.15) is 11.9 Å². The number of rotatable bonds is 4. The molecular weight excluding hydrogens is 461 g/mol. The summed E-state index contributed by atoms with van der Waals surface area (Å²) in [5.41, 5.74) is 0.488. The van der Waals surface area contributed by atoms with E-state index < -0.39 is 5.82 Å². The van der Waals surface area contributed by atoms with Gasteiger partial charge in [0, 0.05) is 32.0 Å². The molecule has 1 saturated heterocycles. The minimum Gasteiger partial charge on any atom is -0.325 e. The molecule has 2 heterocycles. The summed E-state index contributed by atoms with van der Waals surface area (Å²) in [6.07, 6.45) is 1.61. The molecule has 26 heavy (non-hydrogen) atoms. The van der Waals surface area contributed by atoms with Gasteiger partial charge in [0.25, 0.3) is 0 Å². The maximum absolute atomic E-state index is 13.3. The van der Waals surface area contributed by atoms with Crippen LogP contribution in [0.3, 0.4) is 0 Å². The lowest BCUT2D eigenvalue weighted by molar-refractivity contribution is -0.119. The summed E-state index contributed by atoms with van der Waals surface area (Å²) in [5.74, 6) is -0.644. The second-order valence-electron chi connectivity index (χ2n) is 5.95. The number of aryl methyl sites for hydroxylation is 1. The monoisotopic (exact) mass is 477 g/mol. The Labute approximate surface area is 173 Å². The molecule has 1 aromatic heterocycles. The Balaban J connectivity index is 1.72. The van der Waals surface area contributed by atoms with E-state index in [2.05, 4.69) is 39.0 Å². The van der Waals surface area contributed by atoms with Gasteiger partial charge in [-0.3, -0.25) is 4.79 Å². The number of benzene rings is 1. The van der Waals surface area contributed by atoms with Crippen molar-refractivity contribution >= 4 is 62.6 Å². The van der Waals surface area contributed by atoms with Crippen molar-refractivity contribution in [1.29, 1.82) is 0 Å². The number of thiophene rings is 1. The first kappa shape index (κ1) is 20.1. The van der Waals surface area contributed by atoms with Crippen molar-refractivity contribution in [3.05, 3.63) is 49.3 Å². The van der Waals surface area contributed by atoms with Crippen molar-refractivity contribution in [1.82, 2.24) is 9.03 Å². The van der Waals surface area contributed by atoms with E-state index in [1.54, 1.807) is 11.3 Å². The van der Waals surface area contributed by atoms with Crippen LogP contribution >= 0.6 is 51.0 Å². The van der Waals surface area contributed by atoms with E-state index in [9.17, 15) is 9.18 Å². The summed E-state index contributed by atoms with van der Waals surface area (Å²) in [5, 5.41) is 2.82. The van der Waals surface area contributed by atoms with Crippen molar-refractivity contribution in [3.63, 3.8) is 0 Å². The molecule has 2 aromatic rings. The Hall–Kier alpha value is -0.640. The molecule has 140 valence electrons. The van der Waals surface area contributed by atoms with E-state index in [0.717, 1.165) is 10.9 Å². The lowest BCUT2D eigenvalue weighted by Crippen LogP contribution is -2.45. The van der Waals surface area contributed by atoms with Crippen LogP contribution in [0.25, 0.3) is 0 Å². The van der Waals surface area contributed by atoms with E-state index >= 15 is 0 Å². The molecule has 0 saturated carbocycles. The highest BCUT2D eigenvalue weighted by Gasteiger charge is 2.33. The predicted octanol–water partition coefficient (Wildman–Crippen LogP) is 5.40. The average Bonchev–Trinajstić information content (AvgIpc) is 2.99. The number of carbonyl (C=O) groups excluding carboxylic acids is 1. The zero-order chi connectivity index (χ0) is 18.8. The summed E-state index contributed by atoms with van der Waals surface area (Å²) < 4.78 is 19.7. The summed E-state index contributed by atoms with van der Waals surface area (Å²) in [6.45, 7) is 2.13. The van der Waals surface area contributed by atoms with E-state index in [1.807, 2.05) is 11.4 Å². The normalized spacial score (nSPS) is 21.0. The van der Waals surface area contributed by atoms with Gasteiger partial charge in [0.2, 0.25) is 5.91 Å². The number of carbonyl (C=O) groups is 1. The summed E-state index contributed by atoms with van der Waals surface area (Å²) >= 11 is 12.6. The third-order valence-electron chi connectivity index (χ3n) is 4.17. The van der Waals surface area contributed by atoms with Crippen LogP contribution in [-0.4, -0.2) is 23.3 Å². The van der Waals surface area contributed by atoms with Gasteiger partial charge in [-0.1, -0.05) is 18.5 Å². The fraction of sp³-hybridized carbons (Fsp3) is 0.353. The van der Waals surface area contributed by atoms with Crippen molar-refractivity contribution in [2.45, 2.75) is 31.8 Å². The van der Waals surface area contributed by atoms with Crippen LogP contribution in [0.15, 0.2) is 28.7 Å². The maximum Gasteiger partial charge on any atom is 0.242 e. The molecule has 0 aliphatic carbocycles. The van der Waals surface area contributed by atoms with Gasteiger partial charge in [-0.25, -0.2) is 13.4 Å². The quantitative estimate of drug-likeness (QED) is 0.577. The van der Waals surface area contributed by atoms with Crippen molar-refractivity contribution in [3.8, 4) is 0 Å². The first-order valence-electron chi connectivity index (χ1n) is 8.08. The fourth-order valence-corrected chi connectivity index (χ4v) is 5.78. The molecule has 1 fully saturated rings. The zero-order valence-corrected chi connectivity index (χ0v) is 18.2. The molecule has 3 rings (SSSR count). The molecule has 4 nitrogen and oxygen atoms in total. The lowest BCUT2D eigenvalue weighted by Gasteiger charge is -2.35. The van der Waals surface area contributed by atoms with Gasteiger partial charge < -0.3 is 5.32 Å². The van der Waals surface area contributed by atoms with Crippen LogP contribution in [0.5, 0.6) is 0 Å². The summed E-state index contributed by atoms with van der Waals surface area (Å²) in [7, 11) is 1.87. The largest absolute Gasteiger partial charge is 0.325 e. The van der Waals surface area contributed by atoms with Crippen molar-refractivity contribution in [2.75, 3.05) is 12.4 Å². The SMILES string of the molecule is CCc1sc(C2CC(C(=O)Nc3ccc(F)c(Cl)c3)N(C)SN2)cc1Br. The second-order valence-corrected chi connectivity index (χ2v) is 9.38. The third kappa shape index (κ3) is 4.43. The zero-order valence-electron chi connectivity index (χ0n) is 14.2. The van der Waals surface area contributed by atoms with Crippen LogP contribution in [0.4, 0.5) is 10.1 Å². The first-order chi connectivity index (χ1) is 12.4. The Morgan fingerprint density at radius 2 is 2.27 bits per heavy atom. The number of anilines is 1. The van der Waals surface area contributed by atoms with Crippen LogP contribution < -0.4 is 10.0 Å². The lowest BCUT2D eigenvalue weighted by atomic mass is 10.1. The minimum absolute atomic E-state index is 0.00996. The third-order valence-corrected chi connectivity index (χ3v) is 7.75. The van der Waals surface area contributed by atoms with Gasteiger partial charge in [-0.05, 0) is 60.1 Å². The topological polar surface area (TPSA) is 44.4 Å². The molecule has 1 amide bonds. The number of nitrogens with one attached hydrogen (secondary N) is 2. The Morgan fingerprint density at radius 1 is 1.50 bits per heavy atom. The number of halogens is 3. The molecule has 9 heteroatoms. The van der Waals surface area contributed by atoms with Crippen LogP contribution in [0.2, 0.25) is 5.02 Å². The average molecular weight is 479 g/mol. The molecule has 2 unspecified atom stereocenters. The standard InChI is InChI=1S/C17H18BrClFN3OS2/c1-3-15-10(18)7-16(25-15)13-8-14(23(2)26-22-13)17(24)21-9-4-5-12(20)11(19)6-9/h4-7,13-14,22H,3,8H2,1-2H3,(H,21,24). The smallest absolute Gasteiger partial charge is 0.242 e. The summed E-state index contributed by atoms with van der Waals surface area (Å²) in [6, 6.07) is 6.07. The van der Waals surface area contributed by atoms with Crippen LogP contribution in [0, 0.1) is 5.82 Å². The predicted molar refractivity (Wildman–Crippen MR) is 111 cm³/mol. The second kappa shape index (κ2) is 8.58. The van der Waals surface area contributed by atoms with Crippen LogP contribution in [-0.2, 0) is 11.2 Å². The summed E-state index contributed by atoms with van der Waals surface area (Å²) in [4.78, 5) is 15.2. The van der Waals surface area contributed by atoms with E-state index in [4.69, 9.17) is 11.6 Å². The molecule has 0 bridgehead atoms. The van der Waals surface area contributed by atoms with Gasteiger partial charge in [-0.2, -0.15) is 0 Å². The number of likely N-dealkylation sites (N-methyl/N-ethyl adjacent to an activating group) is 1. The fourth-order valence-electron chi connectivity index (χ4n) is 2.71. The molecule has 0 spiro atoms. The van der Waals surface area contributed by atoms with Gasteiger partial charge in [-0.15, -0.1) is 11.3 Å². The van der Waals surface area contributed by atoms with Gasteiger partial charge in [0.15, 0.2) is 0 Å². The number of hydrogen-bond acceptors (Lipinski definition) is 5. The molecular formula is C17H18BrClFN3OS2. The molecule has 2 N–H and O–H groups in total. The van der Waals surface area contributed by atoms with Crippen LogP contribution in [0.1, 0.15) is 29.1 Å². The number of hydrogen-bond donors (Lipinski definition) is 2. The van der Waals surface area contributed by atoms with E-state index in [1.165, 1.54) is 40.1 Å². The molecule has 1 aliphatic heterocycles. The minimum atomic E-state index is -0.505. The van der Waals surface area contributed by atoms with Crippen molar-refractivity contribution < 1.29 is 9.18 Å². The van der Waals surface area contributed by atoms with Gasteiger partial charge >= 0.3 is 0 Å². The molecule has 1 aliphatic rings. The highest BCUT2D eigenvalue weighted by molar-refractivity contribution is 9.10. The number of amides is 1. The highest BCUT2D eigenvalue weighted by atomic mass is 79.9. The Morgan fingerprint density at radius 3 is 2.92 bits per heavy atom. The molecule has 0 radical (unpaired) electrons. The first-order valence-corrected chi connectivity index (χ1v) is 10.8. The molecule has 2 atom stereocenters. The Bertz CT molecular complexity index is 819. The molecule has 1 aromatic carbocycles. The van der Waals surface area contributed by atoms with E-state index in [0.29, 0.717) is 12.1 Å². The highest BCUT2D eigenvalue weighted by Crippen LogP contribution is 2.38. The Kier molecular flexibility index (Phi) is 6.63. The maximum atomic E-state index is 13.3. The number of nitrogens with zero attached hydrogens (tertiary/aromatic N) is 1. The van der Waals surface area contributed by atoms with Gasteiger partial charge in [0.05, 0.1) is 11.1 Å². The van der Waals surface area contributed by atoms with Crippen molar-refractivity contribution in [2.24, 2.45) is 0 Å². The van der Waals surface area contributed by atoms with E-state index in [-0.39, 0.29) is 23.0 Å².